The number of halogens is 4. The predicted octanol–water partition coefficient (Wildman–Crippen LogP) is 2.20. The van der Waals surface area contributed by atoms with Gasteiger partial charge in [-0.3, -0.25) is 0 Å². The van der Waals surface area contributed by atoms with Crippen LogP contribution in [0.3, 0.4) is 0 Å². The third-order valence-electron chi connectivity index (χ3n) is 1.68. The minimum Gasteiger partial charge on any atom is -0.216 e. The van der Waals surface area contributed by atoms with Gasteiger partial charge < -0.3 is 0 Å². The summed E-state index contributed by atoms with van der Waals surface area (Å²) >= 11 is 0. The fraction of sp³-hybridized carbons (Fsp3) is 0.200. The number of alkyl halides is 3. The van der Waals surface area contributed by atoms with Gasteiger partial charge in [0.1, 0.15) is 0 Å². The van der Waals surface area contributed by atoms with Crippen LogP contribution >= 0.6 is 0 Å². The molecule has 1 aromatic carbocycles. The topological polar surface area (TPSA) is 34.1 Å². The molecule has 92 valence electrons. The molecule has 2 nitrogen and oxygen atoms in total. The second kappa shape index (κ2) is 4.37. The van der Waals surface area contributed by atoms with E-state index in [0.717, 1.165) is 18.4 Å². The lowest BCUT2D eigenvalue weighted by Gasteiger charge is -2.08. The molecule has 0 spiro atoms. The highest BCUT2D eigenvalue weighted by Crippen LogP contribution is 2.32. The lowest BCUT2D eigenvalue weighted by molar-refractivity contribution is -0.140. The monoisotopic (exact) mass is 266 g/mol. The molecule has 0 unspecified atom stereocenters. The molecule has 0 amide bonds. The molecule has 0 bridgehead atoms. The SMILES string of the molecule is CS(=O)(=O)C#Cc1cccc(C(F)(F)F)c1F. The van der Waals surface area contributed by atoms with Crippen LogP contribution in [0.25, 0.3) is 0 Å². The van der Waals surface area contributed by atoms with Gasteiger partial charge in [0.05, 0.1) is 17.4 Å². The van der Waals surface area contributed by atoms with E-state index < -0.39 is 33.0 Å². The second-order valence-corrected chi connectivity index (χ2v) is 4.91. The minimum atomic E-state index is -4.84. The van der Waals surface area contributed by atoms with E-state index in [1.807, 2.05) is 5.92 Å². The molecule has 0 atom stereocenters. The normalized spacial score (nSPS) is 11.8. The molecule has 7 heteroatoms. The molecule has 0 aliphatic rings. The average Bonchev–Trinajstić information content (AvgIpc) is 2.13. The highest BCUT2D eigenvalue weighted by Gasteiger charge is 2.34. The van der Waals surface area contributed by atoms with E-state index in [4.69, 9.17) is 0 Å². The maximum absolute atomic E-state index is 13.3. The van der Waals surface area contributed by atoms with Gasteiger partial charge in [0, 0.05) is 5.25 Å². The Bertz CT molecular complexity index is 591. The number of benzene rings is 1. The highest BCUT2D eigenvalue weighted by molar-refractivity contribution is 7.95. The number of rotatable bonds is 0. The van der Waals surface area contributed by atoms with Crippen LogP contribution in [0.15, 0.2) is 18.2 Å². The van der Waals surface area contributed by atoms with Crippen LogP contribution in [0.2, 0.25) is 0 Å². The molecule has 0 fully saturated rings. The smallest absolute Gasteiger partial charge is 0.216 e. The van der Waals surface area contributed by atoms with Crippen molar-refractivity contribution in [3.05, 3.63) is 35.1 Å². The van der Waals surface area contributed by atoms with Crippen molar-refractivity contribution in [2.24, 2.45) is 0 Å². The molecule has 0 aromatic heterocycles. The maximum Gasteiger partial charge on any atom is 0.419 e. The molecule has 0 aliphatic heterocycles. The average molecular weight is 266 g/mol. The summed E-state index contributed by atoms with van der Waals surface area (Å²) in [4.78, 5) is 0. The van der Waals surface area contributed by atoms with Crippen LogP contribution in [-0.4, -0.2) is 14.7 Å². The van der Waals surface area contributed by atoms with E-state index in [9.17, 15) is 26.0 Å². The van der Waals surface area contributed by atoms with Crippen molar-refractivity contribution < 1.29 is 26.0 Å². The zero-order valence-electron chi connectivity index (χ0n) is 8.47. The fourth-order valence-electron chi connectivity index (χ4n) is 0.995. The van der Waals surface area contributed by atoms with E-state index in [1.54, 1.807) is 5.25 Å². The third-order valence-corrected chi connectivity index (χ3v) is 2.15. The molecule has 17 heavy (non-hydrogen) atoms. The Kier molecular flexibility index (Phi) is 3.48. The van der Waals surface area contributed by atoms with Gasteiger partial charge in [0.25, 0.3) is 0 Å². The Balaban J connectivity index is 3.34. The summed E-state index contributed by atoms with van der Waals surface area (Å²) in [5.74, 6) is 0.279. The number of hydrogen-bond donors (Lipinski definition) is 0. The Hall–Kier alpha value is -1.55. The second-order valence-electron chi connectivity index (χ2n) is 3.16. The lowest BCUT2D eigenvalue weighted by Crippen LogP contribution is -2.09. The number of hydrogen-bond acceptors (Lipinski definition) is 2. The molecule has 0 saturated carbocycles. The summed E-state index contributed by atoms with van der Waals surface area (Å²) in [5, 5.41) is 1.67. The Morgan fingerprint density at radius 3 is 2.29 bits per heavy atom. The molecule has 0 aliphatic carbocycles. The van der Waals surface area contributed by atoms with Gasteiger partial charge in [-0.15, -0.1) is 0 Å². The zero-order chi connectivity index (χ0) is 13.3. The first kappa shape index (κ1) is 13.5. The lowest BCUT2D eigenvalue weighted by atomic mass is 10.1. The van der Waals surface area contributed by atoms with Crippen molar-refractivity contribution >= 4 is 9.84 Å². The van der Waals surface area contributed by atoms with Gasteiger partial charge in [0.2, 0.25) is 9.84 Å². The van der Waals surface area contributed by atoms with Crippen molar-refractivity contribution in [3.8, 4) is 11.2 Å². The van der Waals surface area contributed by atoms with Crippen molar-refractivity contribution in [1.82, 2.24) is 0 Å². The van der Waals surface area contributed by atoms with Gasteiger partial charge >= 0.3 is 6.18 Å². The quantitative estimate of drug-likeness (QED) is 0.533. The van der Waals surface area contributed by atoms with Gasteiger partial charge in [-0.2, -0.15) is 13.2 Å². The summed E-state index contributed by atoms with van der Waals surface area (Å²) in [6.07, 6.45) is -4.07. The molecule has 1 aromatic rings. The van der Waals surface area contributed by atoms with Crippen molar-refractivity contribution in [2.45, 2.75) is 6.18 Å². The van der Waals surface area contributed by atoms with Gasteiger partial charge in [-0.25, -0.2) is 12.8 Å². The predicted molar refractivity (Wildman–Crippen MR) is 53.1 cm³/mol. The molecule has 0 heterocycles. The Labute approximate surface area is 95.2 Å². The van der Waals surface area contributed by atoms with Crippen LogP contribution in [0, 0.1) is 17.0 Å². The third kappa shape index (κ3) is 3.75. The van der Waals surface area contributed by atoms with Crippen LogP contribution in [0.5, 0.6) is 0 Å². The first-order valence-corrected chi connectivity index (χ1v) is 6.09. The Morgan fingerprint density at radius 1 is 1.24 bits per heavy atom. The van der Waals surface area contributed by atoms with Gasteiger partial charge in [0.15, 0.2) is 5.82 Å². The summed E-state index contributed by atoms with van der Waals surface area (Å²) in [7, 11) is -3.70. The van der Waals surface area contributed by atoms with E-state index in [2.05, 4.69) is 0 Å². The molecule has 0 N–H and O–H groups in total. The highest BCUT2D eigenvalue weighted by atomic mass is 32.2. The first-order valence-electron chi connectivity index (χ1n) is 4.20. The van der Waals surface area contributed by atoms with Gasteiger partial charge in [-0.1, -0.05) is 6.07 Å². The standard InChI is InChI=1S/C10H6F4O2S/c1-17(15,16)6-5-7-3-2-4-8(9(7)11)10(12,13)14/h2-4H,1H3. The zero-order valence-corrected chi connectivity index (χ0v) is 9.29. The molecule has 1 rings (SSSR count). The molecular formula is C10H6F4O2S. The minimum absolute atomic E-state index is 0.557. The summed E-state index contributed by atoms with van der Waals surface area (Å²) in [5.41, 5.74) is -2.08. The van der Waals surface area contributed by atoms with Crippen LogP contribution in [0.1, 0.15) is 11.1 Å². The van der Waals surface area contributed by atoms with E-state index in [1.165, 1.54) is 0 Å². The fourth-order valence-corrected chi connectivity index (χ4v) is 1.29. The van der Waals surface area contributed by atoms with Crippen molar-refractivity contribution in [1.29, 1.82) is 0 Å². The largest absolute Gasteiger partial charge is 0.419 e. The molecule has 0 radical (unpaired) electrons. The molecule has 0 saturated heterocycles. The van der Waals surface area contributed by atoms with Crippen LogP contribution in [0.4, 0.5) is 17.6 Å². The summed E-state index contributed by atoms with van der Waals surface area (Å²) in [6, 6.07) is 2.49. The van der Waals surface area contributed by atoms with E-state index >= 15 is 0 Å². The van der Waals surface area contributed by atoms with Crippen molar-refractivity contribution in [2.75, 3.05) is 6.26 Å². The van der Waals surface area contributed by atoms with Crippen LogP contribution in [-0.2, 0) is 16.0 Å². The van der Waals surface area contributed by atoms with E-state index in [-0.39, 0.29) is 0 Å². The van der Waals surface area contributed by atoms with Gasteiger partial charge in [-0.05, 0) is 18.1 Å². The van der Waals surface area contributed by atoms with E-state index in [0.29, 0.717) is 6.07 Å². The summed E-state index contributed by atoms with van der Waals surface area (Å²) in [6.45, 7) is 0. The first-order chi connectivity index (χ1) is 7.61. The maximum atomic E-state index is 13.3. The molecular weight excluding hydrogens is 260 g/mol. The van der Waals surface area contributed by atoms with Crippen molar-refractivity contribution in [3.63, 3.8) is 0 Å². The van der Waals surface area contributed by atoms with Crippen LogP contribution < -0.4 is 0 Å². The Morgan fingerprint density at radius 2 is 1.82 bits per heavy atom. The number of sulfone groups is 1. The summed E-state index contributed by atoms with van der Waals surface area (Å²) < 4.78 is 71.6.